The fraction of sp³-hybridized carbons (Fsp3) is 0.417. The number of imidazole rings is 1. The van der Waals surface area contributed by atoms with E-state index in [1.807, 2.05) is 10.9 Å². The van der Waals surface area contributed by atoms with Crippen molar-refractivity contribution in [1.82, 2.24) is 14.5 Å². The van der Waals surface area contributed by atoms with Gasteiger partial charge in [0, 0.05) is 47.1 Å². The van der Waals surface area contributed by atoms with Crippen molar-refractivity contribution >= 4 is 27.3 Å². The van der Waals surface area contributed by atoms with E-state index in [0.717, 1.165) is 29.8 Å². The molecule has 0 aliphatic carbocycles. The summed E-state index contributed by atoms with van der Waals surface area (Å²) >= 11 is 5.24. The molecule has 98 valence electrons. The molecule has 2 N–H and O–H groups in total. The highest BCUT2D eigenvalue weighted by Gasteiger charge is 2.06. The lowest BCUT2D eigenvalue weighted by Crippen LogP contribution is -2.16. The van der Waals surface area contributed by atoms with E-state index in [9.17, 15) is 0 Å². The van der Waals surface area contributed by atoms with Gasteiger partial charge in [0.15, 0.2) is 0 Å². The predicted molar refractivity (Wildman–Crippen MR) is 78.5 cm³/mol. The van der Waals surface area contributed by atoms with Crippen LogP contribution in [0.15, 0.2) is 28.4 Å². The standard InChI is InChI=1S/C12H17BrN4S/c1-16(7-12-4-10(13)8-18-12)5-11-6-17(3-2-14)9-15-11/h4,6,8-9H,2-3,5,7,14H2,1H3. The van der Waals surface area contributed by atoms with Crippen molar-refractivity contribution in [2.75, 3.05) is 13.6 Å². The van der Waals surface area contributed by atoms with Crippen LogP contribution in [0.2, 0.25) is 0 Å². The van der Waals surface area contributed by atoms with Crippen LogP contribution in [0.1, 0.15) is 10.6 Å². The Morgan fingerprint density at radius 3 is 3.00 bits per heavy atom. The van der Waals surface area contributed by atoms with E-state index in [1.165, 1.54) is 4.88 Å². The van der Waals surface area contributed by atoms with Gasteiger partial charge in [-0.05, 0) is 29.0 Å². The smallest absolute Gasteiger partial charge is 0.0950 e. The molecule has 18 heavy (non-hydrogen) atoms. The van der Waals surface area contributed by atoms with Crippen LogP contribution in [-0.4, -0.2) is 28.0 Å². The molecule has 0 aliphatic rings. The molecular weight excluding hydrogens is 312 g/mol. The Hall–Kier alpha value is -0.690. The Morgan fingerprint density at radius 2 is 2.33 bits per heavy atom. The van der Waals surface area contributed by atoms with E-state index in [2.05, 4.69) is 50.5 Å². The summed E-state index contributed by atoms with van der Waals surface area (Å²) in [7, 11) is 2.11. The van der Waals surface area contributed by atoms with Gasteiger partial charge in [0.25, 0.3) is 0 Å². The van der Waals surface area contributed by atoms with E-state index in [1.54, 1.807) is 11.3 Å². The number of nitrogens with two attached hydrogens (primary N) is 1. The van der Waals surface area contributed by atoms with E-state index in [4.69, 9.17) is 5.73 Å². The maximum absolute atomic E-state index is 5.51. The first kappa shape index (κ1) is 13.7. The third-order valence-corrected chi connectivity index (χ3v) is 4.24. The summed E-state index contributed by atoms with van der Waals surface area (Å²) in [6.07, 6.45) is 3.91. The van der Waals surface area contributed by atoms with E-state index < -0.39 is 0 Å². The van der Waals surface area contributed by atoms with Gasteiger partial charge in [0.2, 0.25) is 0 Å². The second kappa shape index (κ2) is 6.47. The number of aromatic nitrogens is 2. The van der Waals surface area contributed by atoms with Gasteiger partial charge in [-0.1, -0.05) is 0 Å². The average molecular weight is 329 g/mol. The molecule has 0 unspecified atom stereocenters. The Morgan fingerprint density at radius 1 is 1.50 bits per heavy atom. The molecule has 0 atom stereocenters. The topological polar surface area (TPSA) is 47.1 Å². The minimum Gasteiger partial charge on any atom is -0.336 e. The van der Waals surface area contributed by atoms with Gasteiger partial charge in [-0.15, -0.1) is 11.3 Å². The Labute approximate surface area is 120 Å². The zero-order valence-corrected chi connectivity index (χ0v) is 12.7. The number of thiophene rings is 1. The highest BCUT2D eigenvalue weighted by molar-refractivity contribution is 9.10. The second-order valence-corrected chi connectivity index (χ2v) is 6.21. The van der Waals surface area contributed by atoms with Crippen molar-refractivity contribution in [2.45, 2.75) is 19.6 Å². The van der Waals surface area contributed by atoms with Crippen molar-refractivity contribution in [2.24, 2.45) is 5.73 Å². The predicted octanol–water partition coefficient (Wildman–Crippen LogP) is 2.30. The lowest BCUT2D eigenvalue weighted by Gasteiger charge is -2.13. The van der Waals surface area contributed by atoms with E-state index >= 15 is 0 Å². The fourth-order valence-electron chi connectivity index (χ4n) is 1.79. The first-order chi connectivity index (χ1) is 8.67. The average Bonchev–Trinajstić information content (AvgIpc) is 2.89. The molecule has 0 bridgehead atoms. The molecule has 0 saturated heterocycles. The first-order valence-corrected chi connectivity index (χ1v) is 7.47. The molecule has 2 rings (SSSR count). The number of hydrogen-bond acceptors (Lipinski definition) is 4. The van der Waals surface area contributed by atoms with Crippen LogP contribution in [-0.2, 0) is 19.6 Å². The normalized spacial score (nSPS) is 11.3. The molecule has 0 fully saturated rings. The van der Waals surface area contributed by atoms with Crippen molar-refractivity contribution in [3.63, 3.8) is 0 Å². The second-order valence-electron chi connectivity index (χ2n) is 4.30. The first-order valence-electron chi connectivity index (χ1n) is 5.79. The highest BCUT2D eigenvalue weighted by Crippen LogP contribution is 2.21. The molecular formula is C12H17BrN4S. The zero-order valence-electron chi connectivity index (χ0n) is 10.3. The summed E-state index contributed by atoms with van der Waals surface area (Å²) in [5.41, 5.74) is 6.60. The Kier molecular flexibility index (Phi) is 4.94. The SMILES string of the molecule is CN(Cc1cn(CCN)cn1)Cc1cc(Br)cs1. The molecule has 0 aromatic carbocycles. The third-order valence-electron chi connectivity index (χ3n) is 2.55. The molecule has 2 aromatic rings. The lowest BCUT2D eigenvalue weighted by molar-refractivity contribution is 0.318. The minimum absolute atomic E-state index is 0.648. The van der Waals surface area contributed by atoms with Crippen molar-refractivity contribution in [3.8, 4) is 0 Å². The molecule has 6 heteroatoms. The van der Waals surface area contributed by atoms with Crippen LogP contribution < -0.4 is 5.73 Å². The maximum atomic E-state index is 5.51. The third kappa shape index (κ3) is 3.91. The van der Waals surface area contributed by atoms with Crippen molar-refractivity contribution in [3.05, 3.63) is 39.0 Å². The van der Waals surface area contributed by atoms with Crippen LogP contribution in [0.25, 0.3) is 0 Å². The number of rotatable bonds is 6. The summed E-state index contributed by atoms with van der Waals surface area (Å²) in [5, 5.41) is 2.11. The summed E-state index contributed by atoms with van der Waals surface area (Å²) in [6.45, 7) is 3.27. The molecule has 0 radical (unpaired) electrons. The van der Waals surface area contributed by atoms with E-state index in [-0.39, 0.29) is 0 Å². The quantitative estimate of drug-likeness (QED) is 0.885. The van der Waals surface area contributed by atoms with Crippen LogP contribution in [0.4, 0.5) is 0 Å². The minimum atomic E-state index is 0.648. The summed E-state index contributed by atoms with van der Waals surface area (Å²) in [5.74, 6) is 0. The molecule has 0 saturated carbocycles. The number of hydrogen-bond donors (Lipinski definition) is 1. The number of nitrogens with zero attached hydrogens (tertiary/aromatic N) is 3. The molecule has 4 nitrogen and oxygen atoms in total. The van der Waals surface area contributed by atoms with Crippen molar-refractivity contribution < 1.29 is 0 Å². The summed E-state index contributed by atoms with van der Waals surface area (Å²) in [4.78, 5) is 7.99. The van der Waals surface area contributed by atoms with Crippen LogP contribution >= 0.6 is 27.3 Å². The van der Waals surface area contributed by atoms with Crippen LogP contribution in [0, 0.1) is 0 Å². The maximum Gasteiger partial charge on any atom is 0.0950 e. The van der Waals surface area contributed by atoms with Gasteiger partial charge < -0.3 is 10.3 Å². The molecule has 0 amide bonds. The lowest BCUT2D eigenvalue weighted by atomic mass is 10.4. The molecule has 2 heterocycles. The van der Waals surface area contributed by atoms with Crippen LogP contribution in [0.3, 0.4) is 0 Å². The van der Waals surface area contributed by atoms with Gasteiger partial charge in [-0.25, -0.2) is 4.98 Å². The fourth-order valence-corrected chi connectivity index (χ4v) is 3.32. The van der Waals surface area contributed by atoms with Crippen LogP contribution in [0.5, 0.6) is 0 Å². The zero-order chi connectivity index (χ0) is 13.0. The largest absolute Gasteiger partial charge is 0.336 e. The summed E-state index contributed by atoms with van der Waals surface area (Å²) in [6, 6.07) is 2.16. The van der Waals surface area contributed by atoms with E-state index in [0.29, 0.717) is 6.54 Å². The Balaban J connectivity index is 1.88. The van der Waals surface area contributed by atoms with Gasteiger partial charge in [0.05, 0.1) is 12.0 Å². The number of halogens is 1. The highest BCUT2D eigenvalue weighted by atomic mass is 79.9. The van der Waals surface area contributed by atoms with Gasteiger partial charge >= 0.3 is 0 Å². The monoisotopic (exact) mass is 328 g/mol. The van der Waals surface area contributed by atoms with Gasteiger partial charge in [-0.2, -0.15) is 0 Å². The van der Waals surface area contributed by atoms with Gasteiger partial charge in [-0.3, -0.25) is 4.90 Å². The molecule has 0 aliphatic heterocycles. The Bertz CT molecular complexity index is 494. The molecule has 0 spiro atoms. The van der Waals surface area contributed by atoms with Crippen molar-refractivity contribution in [1.29, 1.82) is 0 Å². The van der Waals surface area contributed by atoms with Gasteiger partial charge in [0.1, 0.15) is 0 Å². The summed E-state index contributed by atoms with van der Waals surface area (Å²) < 4.78 is 3.19. The molecule has 2 aromatic heterocycles.